The number of nitrogens with one attached hydrogen (secondary N) is 1. The zero-order valence-corrected chi connectivity index (χ0v) is 5.17. The lowest BCUT2D eigenvalue weighted by Crippen LogP contribution is -2.27. The van der Waals surface area contributed by atoms with E-state index in [1.54, 1.807) is 18.4 Å². The molecule has 0 radical (unpaired) electrons. The van der Waals surface area contributed by atoms with Gasteiger partial charge in [0.05, 0.1) is 5.29 Å². The van der Waals surface area contributed by atoms with Crippen LogP contribution in [0.15, 0.2) is 28.8 Å². The van der Waals surface area contributed by atoms with Gasteiger partial charge in [-0.15, -0.1) is 10.0 Å². The van der Waals surface area contributed by atoms with Gasteiger partial charge in [-0.1, -0.05) is 11.6 Å². The molecule has 0 saturated heterocycles. The van der Waals surface area contributed by atoms with Crippen LogP contribution in [-0.2, 0) is 0 Å². The number of nitroso groups, excluding NO2 is 1. The number of hydrazine groups is 1. The number of rotatable bonds is 1. The van der Waals surface area contributed by atoms with E-state index in [-0.39, 0.29) is 5.16 Å². The molecule has 4 nitrogen and oxygen atoms in total. The first-order valence-corrected chi connectivity index (χ1v) is 2.64. The molecule has 0 unspecified atom stereocenters. The Morgan fingerprint density at radius 2 is 2.56 bits per heavy atom. The minimum absolute atomic E-state index is 0.257. The van der Waals surface area contributed by atoms with Crippen molar-refractivity contribution in [2.45, 2.75) is 0 Å². The standard InChI is InChI=1S/C4H4ClN3O/c5-4-2-1-3-6-8(4)7-9/h1-3,6H. The van der Waals surface area contributed by atoms with Gasteiger partial charge in [0.25, 0.3) is 0 Å². The Morgan fingerprint density at radius 1 is 1.78 bits per heavy atom. The highest BCUT2D eigenvalue weighted by Crippen LogP contribution is 2.09. The molecule has 0 aromatic carbocycles. The van der Waals surface area contributed by atoms with Crippen molar-refractivity contribution in [3.63, 3.8) is 0 Å². The Bertz CT molecular complexity index is 177. The van der Waals surface area contributed by atoms with Crippen LogP contribution in [0, 0.1) is 4.91 Å². The average molecular weight is 146 g/mol. The SMILES string of the molecule is O=NN1NC=CC=C1Cl. The summed E-state index contributed by atoms with van der Waals surface area (Å²) in [6, 6.07) is 0. The molecule has 1 heterocycles. The second-order valence-corrected chi connectivity index (χ2v) is 1.76. The minimum atomic E-state index is 0.257. The first kappa shape index (κ1) is 6.10. The smallest absolute Gasteiger partial charge is 0.152 e. The van der Waals surface area contributed by atoms with Gasteiger partial charge in [-0.2, -0.15) is 0 Å². The summed E-state index contributed by atoms with van der Waals surface area (Å²) in [6.45, 7) is 0. The highest BCUT2D eigenvalue weighted by Gasteiger charge is 2.05. The van der Waals surface area contributed by atoms with Crippen LogP contribution in [0.5, 0.6) is 0 Å². The topological polar surface area (TPSA) is 44.7 Å². The van der Waals surface area contributed by atoms with Gasteiger partial charge >= 0.3 is 0 Å². The molecular weight excluding hydrogens is 142 g/mol. The van der Waals surface area contributed by atoms with E-state index in [1.807, 2.05) is 0 Å². The molecule has 1 aliphatic heterocycles. The minimum Gasteiger partial charge on any atom is -0.282 e. The quantitative estimate of drug-likeness (QED) is 0.444. The normalized spacial score (nSPS) is 16.6. The lowest BCUT2D eigenvalue weighted by atomic mass is 10.5. The van der Waals surface area contributed by atoms with Gasteiger partial charge in [-0.05, 0) is 12.2 Å². The number of halogens is 1. The van der Waals surface area contributed by atoms with E-state index in [2.05, 4.69) is 10.7 Å². The van der Waals surface area contributed by atoms with Crippen LogP contribution in [0.1, 0.15) is 0 Å². The molecule has 0 aromatic rings. The molecule has 1 N–H and O–H groups in total. The van der Waals surface area contributed by atoms with Gasteiger partial charge in [0.1, 0.15) is 0 Å². The Labute approximate surface area is 56.7 Å². The first-order valence-electron chi connectivity index (χ1n) is 2.26. The van der Waals surface area contributed by atoms with Crippen molar-refractivity contribution in [3.05, 3.63) is 28.4 Å². The Kier molecular flexibility index (Phi) is 1.69. The summed E-state index contributed by atoms with van der Waals surface area (Å²) >= 11 is 5.46. The van der Waals surface area contributed by atoms with E-state index >= 15 is 0 Å². The maximum Gasteiger partial charge on any atom is 0.152 e. The largest absolute Gasteiger partial charge is 0.282 e. The summed E-state index contributed by atoms with van der Waals surface area (Å²) < 4.78 is 0. The van der Waals surface area contributed by atoms with Crippen LogP contribution in [0.4, 0.5) is 0 Å². The van der Waals surface area contributed by atoms with Gasteiger partial charge < -0.3 is 0 Å². The van der Waals surface area contributed by atoms with Crippen LogP contribution < -0.4 is 5.43 Å². The number of hydrogen-bond donors (Lipinski definition) is 1. The lowest BCUT2D eigenvalue weighted by molar-refractivity contribution is 0.314. The predicted octanol–water partition coefficient (Wildman–Crippen LogP) is 1.08. The molecule has 0 atom stereocenters. The third-order valence-corrected chi connectivity index (χ3v) is 1.10. The highest BCUT2D eigenvalue weighted by atomic mass is 35.5. The molecule has 0 spiro atoms. The van der Waals surface area contributed by atoms with E-state index in [9.17, 15) is 4.91 Å². The number of hydrogen-bond acceptors (Lipinski definition) is 3. The molecule has 0 amide bonds. The van der Waals surface area contributed by atoms with Gasteiger partial charge in [0, 0.05) is 6.20 Å². The van der Waals surface area contributed by atoms with Gasteiger partial charge in [-0.3, -0.25) is 5.43 Å². The van der Waals surface area contributed by atoms with Gasteiger partial charge in [0.2, 0.25) is 0 Å². The molecule has 0 aliphatic carbocycles. The van der Waals surface area contributed by atoms with Crippen molar-refractivity contribution in [2.24, 2.45) is 5.29 Å². The fraction of sp³-hybridized carbons (Fsp3) is 0. The third kappa shape index (κ3) is 1.20. The summed E-state index contributed by atoms with van der Waals surface area (Å²) in [7, 11) is 0. The molecule has 9 heavy (non-hydrogen) atoms. The van der Waals surface area contributed by atoms with Crippen LogP contribution in [-0.4, -0.2) is 5.12 Å². The Morgan fingerprint density at radius 3 is 3.00 bits per heavy atom. The van der Waals surface area contributed by atoms with E-state index in [0.717, 1.165) is 5.12 Å². The Hall–Kier alpha value is -1.03. The molecule has 0 aromatic heterocycles. The average Bonchev–Trinajstić information content (AvgIpc) is 1.89. The molecule has 48 valence electrons. The molecule has 1 aliphatic rings. The summed E-state index contributed by atoms with van der Waals surface area (Å²) in [5, 5.41) is 3.72. The van der Waals surface area contributed by atoms with Crippen molar-refractivity contribution in [2.75, 3.05) is 0 Å². The third-order valence-electron chi connectivity index (χ3n) is 0.811. The maximum absolute atomic E-state index is 9.82. The van der Waals surface area contributed by atoms with Gasteiger partial charge in [-0.25, -0.2) is 0 Å². The summed E-state index contributed by atoms with van der Waals surface area (Å²) in [5.41, 5.74) is 2.49. The zero-order valence-electron chi connectivity index (χ0n) is 4.41. The van der Waals surface area contributed by atoms with E-state index < -0.39 is 0 Å². The number of nitrogens with zero attached hydrogens (tertiary/aromatic N) is 2. The maximum atomic E-state index is 9.82. The fourth-order valence-electron chi connectivity index (χ4n) is 0.436. The van der Waals surface area contributed by atoms with Crippen LogP contribution in [0.3, 0.4) is 0 Å². The molecule has 0 fully saturated rings. The van der Waals surface area contributed by atoms with Crippen LogP contribution in [0.25, 0.3) is 0 Å². The first-order chi connectivity index (χ1) is 4.34. The molecular formula is C4H4ClN3O. The van der Waals surface area contributed by atoms with E-state index in [4.69, 9.17) is 11.6 Å². The van der Waals surface area contributed by atoms with Crippen molar-refractivity contribution >= 4 is 11.6 Å². The van der Waals surface area contributed by atoms with Crippen molar-refractivity contribution in [1.29, 1.82) is 0 Å². The predicted molar refractivity (Wildman–Crippen MR) is 33.8 cm³/mol. The van der Waals surface area contributed by atoms with Crippen LogP contribution >= 0.6 is 11.6 Å². The summed E-state index contributed by atoms with van der Waals surface area (Å²) in [5.74, 6) is 0. The second kappa shape index (κ2) is 2.50. The Balaban J connectivity index is 2.69. The van der Waals surface area contributed by atoms with Crippen molar-refractivity contribution in [1.82, 2.24) is 10.5 Å². The fourth-order valence-corrected chi connectivity index (χ4v) is 0.588. The summed E-state index contributed by atoms with van der Waals surface area (Å²) in [4.78, 5) is 9.82. The second-order valence-electron chi connectivity index (χ2n) is 1.37. The molecule has 0 saturated carbocycles. The van der Waals surface area contributed by atoms with Crippen LogP contribution in [0.2, 0.25) is 0 Å². The zero-order chi connectivity index (χ0) is 6.69. The summed E-state index contributed by atoms with van der Waals surface area (Å²) in [6.07, 6.45) is 4.77. The van der Waals surface area contributed by atoms with Crippen molar-refractivity contribution < 1.29 is 0 Å². The van der Waals surface area contributed by atoms with E-state index in [0.29, 0.717) is 0 Å². The molecule has 5 heteroatoms. The highest BCUT2D eigenvalue weighted by molar-refractivity contribution is 6.29. The van der Waals surface area contributed by atoms with Crippen molar-refractivity contribution in [3.8, 4) is 0 Å². The monoisotopic (exact) mass is 145 g/mol. The van der Waals surface area contributed by atoms with Gasteiger partial charge in [0.15, 0.2) is 5.16 Å². The van der Waals surface area contributed by atoms with E-state index in [1.165, 1.54) is 0 Å². The molecule has 0 bridgehead atoms. The number of allylic oxidation sites excluding steroid dienone is 2. The lowest BCUT2D eigenvalue weighted by Gasteiger charge is -2.14. The molecule has 1 rings (SSSR count).